The van der Waals surface area contributed by atoms with Crippen molar-refractivity contribution in [1.82, 2.24) is 14.9 Å². The van der Waals surface area contributed by atoms with Crippen molar-refractivity contribution in [2.45, 2.75) is 31.3 Å². The summed E-state index contributed by atoms with van der Waals surface area (Å²) < 4.78 is 27.1. The van der Waals surface area contributed by atoms with Crippen LogP contribution in [0.4, 0.5) is 8.78 Å². The first kappa shape index (κ1) is 16.9. The summed E-state index contributed by atoms with van der Waals surface area (Å²) in [6.07, 6.45) is 0.754. The first-order chi connectivity index (χ1) is 10.6. The van der Waals surface area contributed by atoms with E-state index in [1.54, 1.807) is 24.3 Å². The molecule has 1 aromatic carbocycles. The third-order valence-electron chi connectivity index (χ3n) is 2.75. The second kappa shape index (κ2) is 8.24. The van der Waals surface area contributed by atoms with E-state index in [1.165, 1.54) is 18.0 Å². The molecule has 2 aromatic rings. The molecule has 0 saturated carbocycles. The van der Waals surface area contributed by atoms with Gasteiger partial charge in [-0.05, 0) is 24.1 Å². The molecule has 0 fully saturated rings. The minimum absolute atomic E-state index is 0.369. The van der Waals surface area contributed by atoms with Gasteiger partial charge in [-0.3, -0.25) is 0 Å². The number of hydrogen-bond acceptors (Lipinski definition) is 4. The zero-order valence-corrected chi connectivity index (χ0v) is 13.5. The van der Waals surface area contributed by atoms with Crippen LogP contribution in [-0.4, -0.2) is 26.8 Å². The summed E-state index contributed by atoms with van der Waals surface area (Å²) in [4.78, 5) is 0. The van der Waals surface area contributed by atoms with Crippen molar-refractivity contribution >= 4 is 29.6 Å². The van der Waals surface area contributed by atoms with E-state index in [1.807, 2.05) is 0 Å². The van der Waals surface area contributed by atoms with Crippen molar-refractivity contribution in [1.29, 1.82) is 0 Å². The molecule has 0 aliphatic carbocycles. The van der Waals surface area contributed by atoms with Crippen molar-refractivity contribution in [3.05, 3.63) is 40.7 Å². The summed E-state index contributed by atoms with van der Waals surface area (Å²) in [6.45, 7) is 2.06. The summed E-state index contributed by atoms with van der Waals surface area (Å²) in [5.41, 5.74) is 0.753. The average molecular weight is 345 g/mol. The quantitative estimate of drug-likeness (QED) is 0.417. The number of aromatic nitrogens is 3. The monoisotopic (exact) mass is 344 g/mol. The van der Waals surface area contributed by atoms with Gasteiger partial charge in [0.1, 0.15) is 0 Å². The maximum absolute atomic E-state index is 13.0. The van der Waals surface area contributed by atoms with Gasteiger partial charge in [-0.15, -0.1) is 10.2 Å². The Morgan fingerprint density at radius 3 is 2.68 bits per heavy atom. The third kappa shape index (κ3) is 4.51. The molecule has 0 bridgehead atoms. The molecule has 8 heteroatoms. The standard InChI is InChI=1S/C14H15ClF2N4S/c1-2-3-8-22-14-20-19-13(12(16)17)21(14)18-9-10-4-6-11(15)7-5-10/h4-7,9,12H,2-3,8H2,1H3/b18-9-. The fraction of sp³-hybridized carbons (Fsp3) is 0.357. The Morgan fingerprint density at radius 2 is 2.05 bits per heavy atom. The van der Waals surface area contributed by atoms with Gasteiger partial charge in [0.05, 0.1) is 6.21 Å². The van der Waals surface area contributed by atoms with Crippen LogP contribution < -0.4 is 0 Å². The minimum atomic E-state index is -2.73. The summed E-state index contributed by atoms with van der Waals surface area (Å²) in [5.74, 6) is 0.332. The van der Waals surface area contributed by atoms with Gasteiger partial charge in [-0.1, -0.05) is 48.8 Å². The summed E-state index contributed by atoms with van der Waals surface area (Å²) >= 11 is 7.17. The first-order valence-electron chi connectivity index (χ1n) is 6.78. The highest BCUT2D eigenvalue weighted by Crippen LogP contribution is 2.24. The molecule has 22 heavy (non-hydrogen) atoms. The van der Waals surface area contributed by atoms with Gasteiger partial charge >= 0.3 is 0 Å². The summed E-state index contributed by atoms with van der Waals surface area (Å²) in [6, 6.07) is 6.92. The Morgan fingerprint density at radius 1 is 1.32 bits per heavy atom. The van der Waals surface area contributed by atoms with Gasteiger partial charge in [0.15, 0.2) is 0 Å². The van der Waals surface area contributed by atoms with Crippen LogP contribution in [0.15, 0.2) is 34.5 Å². The van der Waals surface area contributed by atoms with E-state index >= 15 is 0 Å². The molecule has 1 heterocycles. The van der Waals surface area contributed by atoms with Gasteiger partial charge in [-0.2, -0.15) is 9.78 Å². The Balaban J connectivity index is 2.22. The number of hydrogen-bond donors (Lipinski definition) is 0. The normalized spacial score (nSPS) is 11.7. The molecule has 4 nitrogen and oxygen atoms in total. The highest BCUT2D eigenvalue weighted by Gasteiger charge is 2.20. The Labute approximate surface area is 136 Å². The number of nitrogens with zero attached hydrogens (tertiary/aromatic N) is 4. The smallest absolute Gasteiger partial charge is 0.201 e. The molecule has 118 valence electrons. The van der Waals surface area contributed by atoms with Crippen LogP contribution in [0.25, 0.3) is 0 Å². The van der Waals surface area contributed by atoms with E-state index in [0.29, 0.717) is 10.2 Å². The molecule has 0 saturated heterocycles. The summed E-state index contributed by atoms with van der Waals surface area (Å²) in [5, 5.41) is 12.4. The van der Waals surface area contributed by atoms with Crippen molar-refractivity contribution in [3.63, 3.8) is 0 Å². The molecule has 0 radical (unpaired) electrons. The Bertz CT molecular complexity index is 628. The lowest BCUT2D eigenvalue weighted by molar-refractivity contribution is 0.135. The topological polar surface area (TPSA) is 43.1 Å². The second-order valence-corrected chi connectivity index (χ2v) is 5.95. The van der Waals surface area contributed by atoms with Crippen LogP contribution in [0.2, 0.25) is 5.02 Å². The SMILES string of the molecule is CCCCSc1nnc(C(F)F)n1/N=C\c1ccc(Cl)cc1. The number of alkyl halides is 2. The maximum atomic E-state index is 13.0. The lowest BCUT2D eigenvalue weighted by Crippen LogP contribution is -2.01. The molecule has 0 N–H and O–H groups in total. The van der Waals surface area contributed by atoms with E-state index in [-0.39, 0.29) is 0 Å². The number of rotatable bonds is 7. The Kier molecular flexibility index (Phi) is 6.33. The molecule has 0 aliphatic heterocycles. The van der Waals surface area contributed by atoms with E-state index in [9.17, 15) is 8.78 Å². The van der Waals surface area contributed by atoms with E-state index < -0.39 is 12.2 Å². The molecule has 1 aromatic heterocycles. The number of unbranched alkanes of at least 4 members (excludes halogenated alkanes) is 1. The average Bonchev–Trinajstić information content (AvgIpc) is 2.90. The molecule has 0 spiro atoms. The fourth-order valence-electron chi connectivity index (χ4n) is 1.59. The van der Waals surface area contributed by atoms with Crippen molar-refractivity contribution in [3.8, 4) is 0 Å². The van der Waals surface area contributed by atoms with Gasteiger partial charge in [0.25, 0.3) is 6.43 Å². The molecular formula is C14H15ClF2N4S. The molecule has 0 aliphatic rings. The second-order valence-electron chi connectivity index (χ2n) is 4.45. The molecular weight excluding hydrogens is 330 g/mol. The lowest BCUT2D eigenvalue weighted by Gasteiger charge is -2.03. The highest BCUT2D eigenvalue weighted by molar-refractivity contribution is 7.99. The van der Waals surface area contributed by atoms with Gasteiger partial charge in [0.2, 0.25) is 11.0 Å². The fourth-order valence-corrected chi connectivity index (χ4v) is 2.70. The molecule has 0 unspecified atom stereocenters. The lowest BCUT2D eigenvalue weighted by atomic mass is 10.2. The van der Waals surface area contributed by atoms with E-state index in [4.69, 9.17) is 11.6 Å². The van der Waals surface area contributed by atoms with Crippen LogP contribution in [-0.2, 0) is 0 Å². The van der Waals surface area contributed by atoms with Gasteiger partial charge < -0.3 is 0 Å². The number of halogens is 3. The largest absolute Gasteiger partial charge is 0.299 e. The van der Waals surface area contributed by atoms with Crippen molar-refractivity contribution in [2.24, 2.45) is 5.10 Å². The van der Waals surface area contributed by atoms with Gasteiger partial charge in [-0.25, -0.2) is 8.78 Å². The van der Waals surface area contributed by atoms with Crippen LogP contribution >= 0.6 is 23.4 Å². The first-order valence-corrected chi connectivity index (χ1v) is 8.14. The predicted molar refractivity (Wildman–Crippen MR) is 85.1 cm³/mol. The van der Waals surface area contributed by atoms with Crippen molar-refractivity contribution < 1.29 is 8.78 Å². The third-order valence-corrected chi connectivity index (χ3v) is 4.01. The predicted octanol–water partition coefficient (Wildman–Crippen LogP) is 4.64. The van der Waals surface area contributed by atoms with Crippen LogP contribution in [0.3, 0.4) is 0 Å². The van der Waals surface area contributed by atoms with Crippen LogP contribution in [0.5, 0.6) is 0 Å². The zero-order chi connectivity index (χ0) is 15.9. The van der Waals surface area contributed by atoms with Crippen molar-refractivity contribution in [2.75, 3.05) is 5.75 Å². The summed E-state index contributed by atoms with van der Waals surface area (Å²) in [7, 11) is 0. The molecule has 0 amide bonds. The van der Waals surface area contributed by atoms with E-state index in [2.05, 4.69) is 22.2 Å². The van der Waals surface area contributed by atoms with Crippen LogP contribution in [0, 0.1) is 0 Å². The van der Waals surface area contributed by atoms with E-state index in [0.717, 1.165) is 28.8 Å². The molecule has 0 atom stereocenters. The number of benzene rings is 1. The minimum Gasteiger partial charge on any atom is -0.201 e. The highest BCUT2D eigenvalue weighted by atomic mass is 35.5. The number of thioether (sulfide) groups is 1. The van der Waals surface area contributed by atoms with Crippen LogP contribution in [0.1, 0.15) is 37.6 Å². The zero-order valence-electron chi connectivity index (χ0n) is 11.9. The van der Waals surface area contributed by atoms with Gasteiger partial charge in [0, 0.05) is 10.8 Å². The maximum Gasteiger partial charge on any atom is 0.299 e. The molecule has 2 rings (SSSR count). The Hall–Kier alpha value is -1.47.